The Labute approximate surface area is 102 Å². The summed E-state index contributed by atoms with van der Waals surface area (Å²) in [6, 6.07) is 1.58. The summed E-state index contributed by atoms with van der Waals surface area (Å²) >= 11 is 0. The summed E-state index contributed by atoms with van der Waals surface area (Å²) in [5.74, 6) is 0.364. The molecule has 2 rings (SSSR count). The van der Waals surface area contributed by atoms with Crippen LogP contribution in [0.2, 0.25) is 0 Å². The Balaban J connectivity index is 2.15. The highest BCUT2D eigenvalue weighted by molar-refractivity contribution is 5.47. The molecule has 0 aliphatic rings. The molecule has 0 radical (unpaired) electrons. The fourth-order valence-electron chi connectivity index (χ4n) is 1.45. The van der Waals surface area contributed by atoms with Crippen molar-refractivity contribution in [2.75, 3.05) is 6.61 Å². The maximum absolute atomic E-state index is 9.77. The quantitative estimate of drug-likeness (QED) is 0.453. The molecule has 0 aromatic carbocycles. The number of nitrogens with one attached hydrogen (secondary N) is 1. The van der Waals surface area contributed by atoms with E-state index >= 15 is 0 Å². The predicted octanol–water partition coefficient (Wildman–Crippen LogP) is -1.19. The second-order valence-corrected chi connectivity index (χ2v) is 3.76. The molecule has 0 saturated carbocycles. The van der Waals surface area contributed by atoms with E-state index in [1.807, 2.05) is 0 Å². The van der Waals surface area contributed by atoms with Gasteiger partial charge in [-0.25, -0.2) is 4.98 Å². The minimum atomic E-state index is -1.51. The van der Waals surface area contributed by atoms with Crippen LogP contribution < -0.4 is 0 Å². The highest BCUT2D eigenvalue weighted by Gasteiger charge is 2.27. The summed E-state index contributed by atoms with van der Waals surface area (Å²) in [7, 11) is 0. The average molecular weight is 255 g/mol. The van der Waals surface area contributed by atoms with Crippen molar-refractivity contribution in [3.63, 3.8) is 0 Å². The number of aliphatic hydroxyl groups excluding tert-OH is 4. The molecular weight excluding hydrogens is 242 g/mol. The Morgan fingerprint density at radius 2 is 2.11 bits per heavy atom. The van der Waals surface area contributed by atoms with Crippen molar-refractivity contribution in [2.45, 2.75) is 18.3 Å². The van der Waals surface area contributed by atoms with Gasteiger partial charge in [0.25, 0.3) is 0 Å². The lowest BCUT2D eigenvalue weighted by Gasteiger charge is -2.20. The lowest BCUT2D eigenvalue weighted by atomic mass is 10.1. The molecule has 0 amide bonds. The number of nitrogens with zero attached hydrogens (tertiary/aromatic N) is 2. The second kappa shape index (κ2) is 5.27. The Bertz CT molecular complexity index is 483. The van der Waals surface area contributed by atoms with Crippen molar-refractivity contribution in [3.05, 3.63) is 24.2 Å². The number of imidazole rings is 1. The SMILES string of the molecule is OCC(O)C(O)C(O)c1cnc(-c2ccon2)[nH]1. The van der Waals surface area contributed by atoms with Gasteiger partial charge in [-0.05, 0) is 0 Å². The van der Waals surface area contributed by atoms with Gasteiger partial charge < -0.3 is 29.9 Å². The summed E-state index contributed by atoms with van der Waals surface area (Å²) in [6.45, 7) is -0.650. The lowest BCUT2D eigenvalue weighted by molar-refractivity contribution is -0.0788. The molecule has 0 aliphatic carbocycles. The minimum Gasteiger partial charge on any atom is -0.394 e. The highest BCUT2D eigenvalue weighted by Crippen LogP contribution is 2.20. The third kappa shape index (κ3) is 2.41. The Morgan fingerprint density at radius 1 is 1.33 bits per heavy atom. The zero-order valence-corrected chi connectivity index (χ0v) is 9.26. The molecule has 0 saturated heterocycles. The molecule has 8 nitrogen and oxygen atoms in total. The van der Waals surface area contributed by atoms with Crippen LogP contribution in [0.1, 0.15) is 11.8 Å². The van der Waals surface area contributed by atoms with Crippen LogP contribution in [0.3, 0.4) is 0 Å². The van der Waals surface area contributed by atoms with E-state index in [4.69, 9.17) is 5.11 Å². The van der Waals surface area contributed by atoms with Gasteiger partial charge in [0, 0.05) is 6.07 Å². The van der Waals surface area contributed by atoms with Crippen molar-refractivity contribution in [1.29, 1.82) is 0 Å². The van der Waals surface area contributed by atoms with Gasteiger partial charge in [-0.1, -0.05) is 5.16 Å². The van der Waals surface area contributed by atoms with Gasteiger partial charge in [0.1, 0.15) is 30.3 Å². The molecule has 3 unspecified atom stereocenters. The minimum absolute atomic E-state index is 0.202. The van der Waals surface area contributed by atoms with Crippen LogP contribution in [0.15, 0.2) is 23.0 Å². The van der Waals surface area contributed by atoms with E-state index in [1.165, 1.54) is 12.5 Å². The van der Waals surface area contributed by atoms with Crippen LogP contribution in [0.25, 0.3) is 11.5 Å². The Morgan fingerprint density at radius 3 is 2.72 bits per heavy atom. The first-order chi connectivity index (χ1) is 8.63. The van der Waals surface area contributed by atoms with Crippen molar-refractivity contribution in [1.82, 2.24) is 15.1 Å². The van der Waals surface area contributed by atoms with Crippen molar-refractivity contribution < 1.29 is 24.9 Å². The molecule has 18 heavy (non-hydrogen) atoms. The van der Waals surface area contributed by atoms with Crippen LogP contribution in [-0.4, -0.2) is 54.4 Å². The van der Waals surface area contributed by atoms with Gasteiger partial charge in [0.05, 0.1) is 18.5 Å². The van der Waals surface area contributed by atoms with E-state index in [9.17, 15) is 15.3 Å². The van der Waals surface area contributed by atoms with E-state index in [2.05, 4.69) is 19.6 Å². The first-order valence-electron chi connectivity index (χ1n) is 5.24. The number of aliphatic hydroxyl groups is 4. The fourth-order valence-corrected chi connectivity index (χ4v) is 1.45. The zero-order valence-electron chi connectivity index (χ0n) is 9.26. The van der Waals surface area contributed by atoms with Gasteiger partial charge in [0.2, 0.25) is 0 Å². The molecule has 0 fully saturated rings. The van der Waals surface area contributed by atoms with Gasteiger partial charge >= 0.3 is 0 Å². The van der Waals surface area contributed by atoms with Gasteiger partial charge in [-0.15, -0.1) is 0 Å². The zero-order chi connectivity index (χ0) is 13.1. The van der Waals surface area contributed by atoms with E-state index < -0.39 is 24.9 Å². The van der Waals surface area contributed by atoms with Crippen LogP contribution in [-0.2, 0) is 0 Å². The number of aromatic nitrogens is 3. The summed E-state index contributed by atoms with van der Waals surface area (Å²) in [5.41, 5.74) is 0.652. The molecule has 98 valence electrons. The van der Waals surface area contributed by atoms with Crippen LogP contribution >= 0.6 is 0 Å². The van der Waals surface area contributed by atoms with Crippen LogP contribution in [0.5, 0.6) is 0 Å². The topological polar surface area (TPSA) is 136 Å². The molecule has 2 aromatic heterocycles. The maximum Gasteiger partial charge on any atom is 0.159 e. The molecule has 5 N–H and O–H groups in total. The van der Waals surface area contributed by atoms with E-state index in [0.717, 1.165) is 0 Å². The maximum atomic E-state index is 9.77. The normalized spacial score (nSPS) is 16.4. The van der Waals surface area contributed by atoms with Gasteiger partial charge in [-0.2, -0.15) is 0 Å². The molecule has 0 bridgehead atoms. The number of rotatable bonds is 5. The second-order valence-electron chi connectivity index (χ2n) is 3.76. The van der Waals surface area contributed by atoms with E-state index in [1.54, 1.807) is 6.07 Å². The molecule has 3 atom stereocenters. The third-order valence-corrected chi connectivity index (χ3v) is 2.50. The predicted molar refractivity (Wildman–Crippen MR) is 58.1 cm³/mol. The molecular formula is C10H13N3O5. The third-order valence-electron chi connectivity index (χ3n) is 2.50. The fraction of sp³-hybridized carbons (Fsp3) is 0.400. The Kier molecular flexibility index (Phi) is 3.72. The molecule has 8 heteroatoms. The lowest BCUT2D eigenvalue weighted by Crippen LogP contribution is -2.34. The number of H-pyrrole nitrogens is 1. The van der Waals surface area contributed by atoms with Crippen LogP contribution in [0, 0.1) is 0 Å². The van der Waals surface area contributed by atoms with Crippen molar-refractivity contribution >= 4 is 0 Å². The smallest absolute Gasteiger partial charge is 0.159 e. The molecule has 0 spiro atoms. The van der Waals surface area contributed by atoms with Crippen molar-refractivity contribution in [2.24, 2.45) is 0 Å². The molecule has 2 aromatic rings. The summed E-state index contributed by atoms with van der Waals surface area (Å²) in [6.07, 6.45) is -1.65. The first kappa shape index (κ1) is 12.7. The highest BCUT2D eigenvalue weighted by atomic mass is 16.5. The monoisotopic (exact) mass is 255 g/mol. The van der Waals surface area contributed by atoms with Gasteiger partial charge in [0.15, 0.2) is 5.82 Å². The molecule has 2 heterocycles. The number of aromatic amines is 1. The summed E-state index contributed by atoms with van der Waals surface area (Å²) in [5, 5.41) is 40.9. The van der Waals surface area contributed by atoms with Crippen molar-refractivity contribution in [3.8, 4) is 11.5 Å². The molecule has 0 aliphatic heterocycles. The van der Waals surface area contributed by atoms with E-state index in [0.29, 0.717) is 11.5 Å². The Hall–Kier alpha value is -1.74. The summed E-state index contributed by atoms with van der Waals surface area (Å²) in [4.78, 5) is 6.69. The summed E-state index contributed by atoms with van der Waals surface area (Å²) < 4.78 is 4.65. The average Bonchev–Trinajstić information content (AvgIpc) is 3.05. The number of hydrogen-bond acceptors (Lipinski definition) is 7. The van der Waals surface area contributed by atoms with Gasteiger partial charge in [-0.3, -0.25) is 0 Å². The van der Waals surface area contributed by atoms with E-state index in [-0.39, 0.29) is 5.69 Å². The standard InChI is InChI=1S/C10H13N3O5/c14-4-7(15)9(17)8(16)6-3-11-10(12-6)5-1-2-18-13-5/h1-3,7-9,14-17H,4H2,(H,11,12). The first-order valence-corrected chi connectivity index (χ1v) is 5.24. The van der Waals surface area contributed by atoms with Crippen LogP contribution in [0.4, 0.5) is 0 Å². The largest absolute Gasteiger partial charge is 0.394 e. The number of hydrogen-bond donors (Lipinski definition) is 5.